The average molecular weight is 408 g/mol. The van der Waals surface area contributed by atoms with Crippen molar-refractivity contribution in [1.82, 2.24) is 9.38 Å². The minimum absolute atomic E-state index is 0.0707. The van der Waals surface area contributed by atoms with E-state index in [0.29, 0.717) is 22.0 Å². The molecule has 1 amide bonds. The molecule has 4 aromatic rings. The Bertz CT molecular complexity index is 1200. The molecule has 0 saturated heterocycles. The van der Waals surface area contributed by atoms with E-state index in [1.807, 2.05) is 19.1 Å². The quantitative estimate of drug-likeness (QED) is 0.353. The number of ether oxygens (including phenoxy) is 1. The van der Waals surface area contributed by atoms with Crippen LogP contribution in [0.4, 0.5) is 11.5 Å². The van der Waals surface area contributed by atoms with Crippen LogP contribution in [0.1, 0.15) is 15.9 Å². The Hall–Kier alpha value is -3.72. The van der Waals surface area contributed by atoms with Crippen molar-refractivity contribution in [1.29, 1.82) is 0 Å². The molecular formula is C20H16N4O4S. The van der Waals surface area contributed by atoms with Gasteiger partial charge in [0.15, 0.2) is 0 Å². The summed E-state index contributed by atoms with van der Waals surface area (Å²) in [5.41, 5.74) is 2.34. The van der Waals surface area contributed by atoms with Crippen LogP contribution in [-0.4, -0.2) is 27.3 Å². The van der Waals surface area contributed by atoms with Crippen molar-refractivity contribution < 1.29 is 14.5 Å². The van der Waals surface area contributed by atoms with E-state index in [0.717, 1.165) is 5.56 Å². The third-order valence-electron chi connectivity index (χ3n) is 4.42. The van der Waals surface area contributed by atoms with E-state index in [4.69, 9.17) is 4.74 Å². The van der Waals surface area contributed by atoms with Gasteiger partial charge in [-0.25, -0.2) is 0 Å². The Labute approximate surface area is 169 Å². The van der Waals surface area contributed by atoms with E-state index in [-0.39, 0.29) is 17.6 Å². The number of nitrogens with zero attached hydrogens (tertiary/aromatic N) is 4. The average Bonchev–Trinajstić information content (AvgIpc) is 3.28. The molecule has 146 valence electrons. The van der Waals surface area contributed by atoms with E-state index in [1.54, 1.807) is 55.0 Å². The highest BCUT2D eigenvalue weighted by Crippen LogP contribution is 2.34. The van der Waals surface area contributed by atoms with Gasteiger partial charge in [-0.3, -0.25) is 4.79 Å². The van der Waals surface area contributed by atoms with Gasteiger partial charge in [-0.2, -0.15) is 9.38 Å². The van der Waals surface area contributed by atoms with E-state index >= 15 is 0 Å². The number of nitro groups is 1. The lowest BCUT2D eigenvalue weighted by atomic mass is 10.1. The Kier molecular flexibility index (Phi) is 4.73. The molecule has 2 aromatic carbocycles. The fourth-order valence-corrected chi connectivity index (χ4v) is 3.55. The lowest BCUT2D eigenvalue weighted by Gasteiger charge is -2.18. The number of amides is 1. The molecule has 9 heteroatoms. The highest BCUT2D eigenvalue weighted by molar-refractivity contribution is 7.15. The van der Waals surface area contributed by atoms with Gasteiger partial charge >= 0.3 is 11.7 Å². The minimum atomic E-state index is -0.523. The van der Waals surface area contributed by atoms with Gasteiger partial charge in [0.25, 0.3) is 10.9 Å². The first-order valence-electron chi connectivity index (χ1n) is 8.66. The summed E-state index contributed by atoms with van der Waals surface area (Å²) in [4.78, 5) is 29.7. The number of aryl methyl sites for hydroxylation is 1. The molecule has 0 aliphatic heterocycles. The van der Waals surface area contributed by atoms with Crippen LogP contribution >= 0.6 is 11.3 Å². The molecule has 0 bridgehead atoms. The molecule has 0 radical (unpaired) electrons. The fraction of sp³-hybridized carbons (Fsp3) is 0.100. The SMILES string of the molecule is Cc1ccc(C(=O)N(C)c2ccc(Oc3nc4sccn4c3[N+](=O)[O-])cc2)cc1. The second-order valence-corrected chi connectivity index (χ2v) is 7.25. The van der Waals surface area contributed by atoms with E-state index in [1.165, 1.54) is 20.6 Å². The first-order chi connectivity index (χ1) is 13.9. The number of fused-ring (bicyclic) bond motifs is 1. The maximum Gasteiger partial charge on any atom is 0.393 e. The maximum atomic E-state index is 12.6. The van der Waals surface area contributed by atoms with Crippen LogP contribution in [0.5, 0.6) is 11.6 Å². The molecule has 2 aromatic heterocycles. The van der Waals surface area contributed by atoms with Crippen LogP contribution < -0.4 is 9.64 Å². The predicted octanol–water partition coefficient (Wildman–Crippen LogP) is 4.68. The number of rotatable bonds is 5. The zero-order valence-electron chi connectivity index (χ0n) is 15.6. The summed E-state index contributed by atoms with van der Waals surface area (Å²) in [5, 5.41) is 13.1. The van der Waals surface area contributed by atoms with Gasteiger partial charge in [0.05, 0.1) is 0 Å². The number of hydrogen-bond donors (Lipinski definition) is 0. The Balaban J connectivity index is 1.54. The molecule has 0 aliphatic carbocycles. The lowest BCUT2D eigenvalue weighted by Crippen LogP contribution is -2.26. The molecule has 0 fully saturated rings. The number of imidazole rings is 1. The van der Waals surface area contributed by atoms with Crippen LogP contribution in [0.15, 0.2) is 60.1 Å². The number of anilines is 1. The van der Waals surface area contributed by atoms with Gasteiger partial charge in [-0.05, 0) is 48.2 Å². The topological polar surface area (TPSA) is 90.0 Å². The normalized spacial score (nSPS) is 10.8. The van der Waals surface area contributed by atoms with Gasteiger partial charge in [-0.15, -0.1) is 0 Å². The first-order valence-corrected chi connectivity index (χ1v) is 9.54. The largest absolute Gasteiger partial charge is 0.433 e. The van der Waals surface area contributed by atoms with E-state index in [2.05, 4.69) is 4.98 Å². The Morgan fingerprint density at radius 3 is 2.52 bits per heavy atom. The highest BCUT2D eigenvalue weighted by atomic mass is 32.1. The second kappa shape index (κ2) is 7.36. The molecule has 0 saturated carbocycles. The van der Waals surface area contributed by atoms with Crippen LogP contribution in [0, 0.1) is 17.0 Å². The predicted molar refractivity (Wildman–Crippen MR) is 110 cm³/mol. The summed E-state index contributed by atoms with van der Waals surface area (Å²) in [6.07, 6.45) is 1.58. The molecule has 0 spiro atoms. The maximum absolute atomic E-state index is 12.6. The summed E-state index contributed by atoms with van der Waals surface area (Å²) < 4.78 is 7.01. The van der Waals surface area contributed by atoms with Crippen LogP contribution in [0.3, 0.4) is 0 Å². The number of carbonyl (C=O) groups is 1. The number of thiazole rings is 1. The summed E-state index contributed by atoms with van der Waals surface area (Å²) in [5.74, 6) is -0.0434. The van der Waals surface area contributed by atoms with Crippen LogP contribution in [0.2, 0.25) is 0 Å². The molecule has 0 N–H and O–H groups in total. The molecule has 4 rings (SSSR count). The fourth-order valence-electron chi connectivity index (χ4n) is 2.84. The zero-order valence-corrected chi connectivity index (χ0v) is 16.4. The van der Waals surface area contributed by atoms with E-state index in [9.17, 15) is 14.9 Å². The molecule has 2 heterocycles. The molecule has 0 atom stereocenters. The third kappa shape index (κ3) is 3.55. The van der Waals surface area contributed by atoms with Gasteiger partial charge < -0.3 is 19.8 Å². The standard InChI is InChI=1S/C20H16N4O4S/c1-13-3-5-14(6-4-13)19(25)22(2)15-7-9-16(10-8-15)28-17-18(24(26)27)23-11-12-29-20(23)21-17/h3-12H,1-2H3. The van der Waals surface area contributed by atoms with Gasteiger partial charge in [0, 0.05) is 23.7 Å². The van der Waals surface area contributed by atoms with Crippen molar-refractivity contribution in [2.45, 2.75) is 6.92 Å². The highest BCUT2D eigenvalue weighted by Gasteiger charge is 2.25. The summed E-state index contributed by atoms with van der Waals surface area (Å²) in [6.45, 7) is 1.96. The molecule has 8 nitrogen and oxygen atoms in total. The van der Waals surface area contributed by atoms with Crippen molar-refractivity contribution in [2.24, 2.45) is 0 Å². The summed E-state index contributed by atoms with van der Waals surface area (Å²) in [6, 6.07) is 14.1. The summed E-state index contributed by atoms with van der Waals surface area (Å²) in [7, 11) is 1.69. The van der Waals surface area contributed by atoms with Gasteiger partial charge in [0.1, 0.15) is 11.9 Å². The van der Waals surface area contributed by atoms with Crippen molar-refractivity contribution >= 4 is 33.7 Å². The number of hydrogen-bond acceptors (Lipinski definition) is 6. The second-order valence-electron chi connectivity index (χ2n) is 6.38. The summed E-state index contributed by atoms with van der Waals surface area (Å²) >= 11 is 1.28. The smallest absolute Gasteiger partial charge is 0.393 e. The third-order valence-corrected chi connectivity index (χ3v) is 5.18. The van der Waals surface area contributed by atoms with Crippen LogP contribution in [0.25, 0.3) is 4.96 Å². The van der Waals surface area contributed by atoms with Gasteiger partial charge in [-0.1, -0.05) is 29.0 Å². The monoisotopic (exact) mass is 408 g/mol. The van der Waals surface area contributed by atoms with E-state index < -0.39 is 4.92 Å². The number of aromatic nitrogens is 2. The van der Waals surface area contributed by atoms with Crippen molar-refractivity contribution in [3.8, 4) is 11.6 Å². The van der Waals surface area contributed by atoms with Crippen molar-refractivity contribution in [2.75, 3.05) is 11.9 Å². The number of carbonyl (C=O) groups excluding carboxylic acids is 1. The number of benzene rings is 2. The molecule has 0 aliphatic rings. The minimum Gasteiger partial charge on any atom is -0.433 e. The Morgan fingerprint density at radius 1 is 1.17 bits per heavy atom. The zero-order chi connectivity index (χ0) is 20.5. The molecule has 29 heavy (non-hydrogen) atoms. The van der Waals surface area contributed by atoms with Gasteiger partial charge in [0.2, 0.25) is 0 Å². The van der Waals surface area contributed by atoms with Crippen molar-refractivity contribution in [3.05, 3.63) is 81.3 Å². The van der Waals surface area contributed by atoms with Crippen molar-refractivity contribution in [3.63, 3.8) is 0 Å². The molecule has 0 unspecified atom stereocenters. The Morgan fingerprint density at radius 2 is 1.86 bits per heavy atom. The first kappa shape index (κ1) is 18.6. The van der Waals surface area contributed by atoms with Crippen LogP contribution in [-0.2, 0) is 0 Å². The molecular weight excluding hydrogens is 392 g/mol. The lowest BCUT2D eigenvalue weighted by molar-refractivity contribution is -0.391.